The van der Waals surface area contributed by atoms with Crippen LogP contribution < -0.4 is 16.0 Å². The van der Waals surface area contributed by atoms with Gasteiger partial charge < -0.3 is 16.0 Å². The van der Waals surface area contributed by atoms with E-state index in [4.69, 9.17) is 11.6 Å². The van der Waals surface area contributed by atoms with Gasteiger partial charge in [0.2, 0.25) is 11.8 Å². The molecule has 10 heteroatoms. The molecule has 27 heavy (non-hydrogen) atoms. The van der Waals surface area contributed by atoms with Crippen molar-refractivity contribution < 1.29 is 27.6 Å². The number of carbonyl (C=O) groups is 3. The summed E-state index contributed by atoms with van der Waals surface area (Å²) in [6.07, 6.45) is -4.25. The minimum atomic E-state index is -4.54. The lowest BCUT2D eigenvalue weighted by Gasteiger charge is -2.20. The Bertz CT molecular complexity index is 664. The predicted octanol–water partition coefficient (Wildman–Crippen LogP) is 2.28. The molecule has 0 aromatic heterocycles. The molecule has 0 spiro atoms. The number of hydrogen-bond acceptors (Lipinski definition) is 3. The molecule has 0 aliphatic carbocycles. The average Bonchev–Trinajstić information content (AvgIpc) is 2.56. The van der Waals surface area contributed by atoms with Crippen molar-refractivity contribution in [2.24, 2.45) is 5.92 Å². The summed E-state index contributed by atoms with van der Waals surface area (Å²) >= 11 is 5.76. The summed E-state index contributed by atoms with van der Waals surface area (Å²) in [5, 5.41) is 6.90. The van der Waals surface area contributed by atoms with Gasteiger partial charge in [-0.15, -0.1) is 0 Å². The maximum atomic E-state index is 12.3. The highest BCUT2D eigenvalue weighted by atomic mass is 35.5. The van der Waals surface area contributed by atoms with Gasteiger partial charge in [0.1, 0.15) is 12.6 Å². The Morgan fingerprint density at radius 3 is 2.19 bits per heavy atom. The first-order valence-electron chi connectivity index (χ1n) is 8.15. The van der Waals surface area contributed by atoms with Gasteiger partial charge in [-0.1, -0.05) is 25.4 Å². The second-order valence-electron chi connectivity index (χ2n) is 6.27. The maximum Gasteiger partial charge on any atom is 0.405 e. The first-order chi connectivity index (χ1) is 12.5. The fourth-order valence-corrected chi connectivity index (χ4v) is 2.22. The number of benzene rings is 1. The van der Waals surface area contributed by atoms with Crippen LogP contribution in [-0.4, -0.2) is 43.0 Å². The normalized spacial score (nSPS) is 12.4. The quantitative estimate of drug-likeness (QED) is 0.618. The molecule has 1 aromatic rings. The summed E-state index contributed by atoms with van der Waals surface area (Å²) in [7, 11) is 0. The summed E-state index contributed by atoms with van der Waals surface area (Å²) in [4.78, 5) is 35.9. The van der Waals surface area contributed by atoms with Crippen LogP contribution in [0.5, 0.6) is 0 Å². The van der Waals surface area contributed by atoms with Gasteiger partial charge in [0.15, 0.2) is 0 Å². The molecule has 1 unspecified atom stereocenters. The van der Waals surface area contributed by atoms with Crippen LogP contribution in [0.2, 0.25) is 5.02 Å². The van der Waals surface area contributed by atoms with Gasteiger partial charge in [-0.2, -0.15) is 13.2 Å². The van der Waals surface area contributed by atoms with Crippen molar-refractivity contribution in [2.75, 3.05) is 13.1 Å². The fourth-order valence-electron chi connectivity index (χ4n) is 2.10. The molecule has 0 radical (unpaired) electrons. The van der Waals surface area contributed by atoms with Crippen LogP contribution in [0.1, 0.15) is 30.6 Å². The van der Waals surface area contributed by atoms with Crippen molar-refractivity contribution in [3.05, 3.63) is 34.9 Å². The molecule has 0 aliphatic rings. The lowest BCUT2D eigenvalue weighted by molar-refractivity contribution is -0.138. The standard InChI is InChI=1S/C17H21ClF3N3O3/c1-10(2)7-13(24-15(26)11-3-5-12(18)6-4-11)16(27)22-8-14(25)23-9-17(19,20)21/h3-6,10,13H,7-9H2,1-2H3,(H,22,27)(H,23,25)(H,24,26). The lowest BCUT2D eigenvalue weighted by atomic mass is 10.0. The van der Waals surface area contributed by atoms with E-state index in [0.29, 0.717) is 10.6 Å². The molecule has 1 aromatic carbocycles. The van der Waals surface area contributed by atoms with Crippen LogP contribution in [0, 0.1) is 5.92 Å². The number of nitrogens with one attached hydrogen (secondary N) is 3. The lowest BCUT2D eigenvalue weighted by Crippen LogP contribution is -2.50. The van der Waals surface area contributed by atoms with E-state index in [0.717, 1.165) is 0 Å². The number of carbonyl (C=O) groups excluding carboxylic acids is 3. The summed E-state index contributed by atoms with van der Waals surface area (Å²) in [6, 6.07) is 5.10. The van der Waals surface area contributed by atoms with Crippen LogP contribution >= 0.6 is 11.6 Å². The van der Waals surface area contributed by atoms with Gasteiger partial charge in [-0.3, -0.25) is 14.4 Å². The van der Waals surface area contributed by atoms with Crippen LogP contribution in [-0.2, 0) is 9.59 Å². The molecule has 0 saturated heterocycles. The van der Waals surface area contributed by atoms with E-state index in [9.17, 15) is 27.6 Å². The predicted molar refractivity (Wildman–Crippen MR) is 94.2 cm³/mol. The fraction of sp³-hybridized carbons (Fsp3) is 0.471. The van der Waals surface area contributed by atoms with Crippen LogP contribution in [0.4, 0.5) is 13.2 Å². The molecule has 0 saturated carbocycles. The third-order valence-corrected chi connectivity index (χ3v) is 3.60. The zero-order valence-corrected chi connectivity index (χ0v) is 15.6. The number of halogens is 4. The SMILES string of the molecule is CC(C)CC(NC(=O)c1ccc(Cl)cc1)C(=O)NCC(=O)NCC(F)(F)F. The monoisotopic (exact) mass is 407 g/mol. The number of hydrogen-bond donors (Lipinski definition) is 3. The highest BCUT2D eigenvalue weighted by molar-refractivity contribution is 6.30. The topological polar surface area (TPSA) is 87.3 Å². The molecule has 0 aliphatic heterocycles. The van der Waals surface area contributed by atoms with E-state index >= 15 is 0 Å². The number of rotatable bonds is 8. The second-order valence-corrected chi connectivity index (χ2v) is 6.71. The largest absolute Gasteiger partial charge is 0.405 e. The molecule has 0 fully saturated rings. The Hall–Kier alpha value is -2.29. The molecular weight excluding hydrogens is 387 g/mol. The molecule has 150 valence electrons. The van der Waals surface area contributed by atoms with Crippen molar-refractivity contribution in [3.63, 3.8) is 0 Å². The summed E-state index contributed by atoms with van der Waals surface area (Å²) in [5.41, 5.74) is 0.295. The smallest absolute Gasteiger partial charge is 0.345 e. The molecule has 3 N–H and O–H groups in total. The average molecular weight is 408 g/mol. The first-order valence-corrected chi connectivity index (χ1v) is 8.53. The van der Waals surface area contributed by atoms with Gasteiger partial charge in [0, 0.05) is 10.6 Å². The molecule has 0 heterocycles. The molecular formula is C17H21ClF3N3O3. The Balaban J connectivity index is 2.64. The third kappa shape index (κ3) is 9.28. The van der Waals surface area contributed by atoms with E-state index in [1.807, 2.05) is 13.8 Å². The van der Waals surface area contributed by atoms with E-state index < -0.39 is 43.0 Å². The zero-order valence-electron chi connectivity index (χ0n) is 14.8. The number of alkyl halides is 3. The summed E-state index contributed by atoms with van der Waals surface area (Å²) in [6.45, 7) is 1.57. The minimum Gasteiger partial charge on any atom is -0.345 e. The first kappa shape index (κ1) is 22.8. The maximum absolute atomic E-state index is 12.3. The van der Waals surface area contributed by atoms with Crippen molar-refractivity contribution in [2.45, 2.75) is 32.5 Å². The Morgan fingerprint density at radius 2 is 1.67 bits per heavy atom. The van der Waals surface area contributed by atoms with Gasteiger partial charge in [-0.25, -0.2) is 0 Å². The Labute approximate surface area is 159 Å². The van der Waals surface area contributed by atoms with E-state index in [-0.39, 0.29) is 12.3 Å². The molecule has 0 bridgehead atoms. The highest BCUT2D eigenvalue weighted by Gasteiger charge is 2.28. The van der Waals surface area contributed by atoms with Gasteiger partial charge in [-0.05, 0) is 36.6 Å². The van der Waals surface area contributed by atoms with Crippen LogP contribution in [0.3, 0.4) is 0 Å². The Morgan fingerprint density at radius 1 is 1.07 bits per heavy atom. The van der Waals surface area contributed by atoms with Gasteiger partial charge in [0.25, 0.3) is 5.91 Å². The zero-order chi connectivity index (χ0) is 20.6. The molecule has 1 atom stereocenters. The van der Waals surface area contributed by atoms with E-state index in [2.05, 4.69) is 10.6 Å². The van der Waals surface area contributed by atoms with Crippen LogP contribution in [0.25, 0.3) is 0 Å². The second kappa shape index (κ2) is 10.1. The molecule has 1 rings (SSSR count). The van der Waals surface area contributed by atoms with Crippen molar-refractivity contribution in [3.8, 4) is 0 Å². The van der Waals surface area contributed by atoms with Crippen molar-refractivity contribution in [1.29, 1.82) is 0 Å². The van der Waals surface area contributed by atoms with Crippen LogP contribution in [0.15, 0.2) is 24.3 Å². The van der Waals surface area contributed by atoms with Gasteiger partial charge in [0.05, 0.1) is 6.54 Å². The summed E-state index contributed by atoms with van der Waals surface area (Å²) < 4.78 is 36.2. The summed E-state index contributed by atoms with van der Waals surface area (Å²) in [5.74, 6) is -2.10. The van der Waals surface area contributed by atoms with Crippen molar-refractivity contribution in [1.82, 2.24) is 16.0 Å². The minimum absolute atomic E-state index is 0.0466. The number of amides is 3. The molecule has 3 amide bonds. The van der Waals surface area contributed by atoms with Gasteiger partial charge >= 0.3 is 6.18 Å². The highest BCUT2D eigenvalue weighted by Crippen LogP contribution is 2.12. The van der Waals surface area contributed by atoms with E-state index in [1.54, 1.807) is 5.32 Å². The Kier molecular flexibility index (Phi) is 8.55. The molecule has 6 nitrogen and oxygen atoms in total. The van der Waals surface area contributed by atoms with E-state index in [1.165, 1.54) is 24.3 Å². The van der Waals surface area contributed by atoms with Crippen molar-refractivity contribution >= 4 is 29.3 Å². The third-order valence-electron chi connectivity index (χ3n) is 3.34.